The van der Waals surface area contributed by atoms with Crippen LogP contribution in [-0.2, 0) is 9.53 Å². The molecule has 4 heteroatoms. The zero-order valence-corrected chi connectivity index (χ0v) is 9.46. The second-order valence-corrected chi connectivity index (χ2v) is 3.39. The number of nitrogens with one attached hydrogen (secondary N) is 2. The van der Waals surface area contributed by atoms with Crippen LogP contribution in [0.1, 0.15) is 13.3 Å². The molecule has 84 valence electrons. The standard InChI is InChI=1S/C11H18N2O2/c1-4-15-10(14)9-5-7-11(12-2,13-3)8-6-9/h5-7,12-13H,4,8H2,1-3H3. The van der Waals surface area contributed by atoms with Crippen molar-refractivity contribution in [1.29, 1.82) is 0 Å². The molecule has 1 rings (SSSR count). The van der Waals surface area contributed by atoms with Gasteiger partial charge in [-0.15, -0.1) is 0 Å². The van der Waals surface area contributed by atoms with Crippen molar-refractivity contribution < 1.29 is 9.53 Å². The average Bonchev–Trinajstić information content (AvgIpc) is 2.29. The molecule has 4 nitrogen and oxygen atoms in total. The van der Waals surface area contributed by atoms with E-state index >= 15 is 0 Å². The molecule has 15 heavy (non-hydrogen) atoms. The Labute approximate surface area is 90.4 Å². The van der Waals surface area contributed by atoms with Gasteiger partial charge in [-0.1, -0.05) is 6.08 Å². The highest BCUT2D eigenvalue weighted by Gasteiger charge is 2.25. The minimum Gasteiger partial charge on any atom is -0.462 e. The molecule has 0 amide bonds. The fraction of sp³-hybridized carbons (Fsp3) is 0.545. The molecule has 1 aliphatic carbocycles. The van der Waals surface area contributed by atoms with E-state index < -0.39 is 0 Å². The Hall–Kier alpha value is -1.13. The van der Waals surface area contributed by atoms with Crippen LogP contribution >= 0.6 is 0 Å². The lowest BCUT2D eigenvalue weighted by Crippen LogP contribution is -2.52. The molecule has 0 aromatic heterocycles. The maximum absolute atomic E-state index is 11.4. The summed E-state index contributed by atoms with van der Waals surface area (Å²) in [5.41, 5.74) is 0.383. The van der Waals surface area contributed by atoms with E-state index in [1.165, 1.54) is 0 Å². The van der Waals surface area contributed by atoms with E-state index in [1.54, 1.807) is 13.0 Å². The molecular weight excluding hydrogens is 192 g/mol. The Bertz CT molecular complexity index is 291. The Morgan fingerprint density at radius 2 is 2.20 bits per heavy atom. The van der Waals surface area contributed by atoms with Crippen molar-refractivity contribution in [3.8, 4) is 0 Å². The van der Waals surface area contributed by atoms with Gasteiger partial charge in [0.05, 0.1) is 17.8 Å². The third-order valence-corrected chi connectivity index (χ3v) is 2.59. The molecule has 0 saturated carbocycles. The first kappa shape index (κ1) is 11.9. The topological polar surface area (TPSA) is 50.4 Å². The van der Waals surface area contributed by atoms with Crippen molar-refractivity contribution in [2.45, 2.75) is 19.0 Å². The zero-order valence-electron chi connectivity index (χ0n) is 9.46. The molecule has 0 aromatic rings. The summed E-state index contributed by atoms with van der Waals surface area (Å²) in [4.78, 5) is 11.4. The van der Waals surface area contributed by atoms with Gasteiger partial charge >= 0.3 is 5.97 Å². The van der Waals surface area contributed by atoms with E-state index in [1.807, 2.05) is 26.2 Å². The summed E-state index contributed by atoms with van der Waals surface area (Å²) < 4.78 is 4.92. The summed E-state index contributed by atoms with van der Waals surface area (Å²) in [5.74, 6) is -0.255. The Kier molecular flexibility index (Phi) is 4.05. The molecule has 0 fully saturated rings. The SMILES string of the molecule is CCOC(=O)C1=CCC(NC)(NC)C=C1. The highest BCUT2D eigenvalue weighted by Crippen LogP contribution is 2.18. The maximum Gasteiger partial charge on any atom is 0.337 e. The maximum atomic E-state index is 11.4. The average molecular weight is 210 g/mol. The van der Waals surface area contributed by atoms with Crippen molar-refractivity contribution in [3.05, 3.63) is 23.8 Å². The number of esters is 1. The van der Waals surface area contributed by atoms with Gasteiger partial charge < -0.3 is 4.74 Å². The monoisotopic (exact) mass is 210 g/mol. The van der Waals surface area contributed by atoms with Crippen molar-refractivity contribution >= 4 is 5.97 Å². The van der Waals surface area contributed by atoms with Gasteiger partial charge in [0.1, 0.15) is 0 Å². The molecule has 0 aliphatic heterocycles. The number of likely N-dealkylation sites (N-methyl/N-ethyl adjacent to an activating group) is 2. The van der Waals surface area contributed by atoms with Gasteiger partial charge in [-0.05, 0) is 33.2 Å². The van der Waals surface area contributed by atoms with Crippen molar-refractivity contribution in [1.82, 2.24) is 10.6 Å². The van der Waals surface area contributed by atoms with Crippen LogP contribution < -0.4 is 10.6 Å². The van der Waals surface area contributed by atoms with Gasteiger partial charge in [0.15, 0.2) is 0 Å². The normalized spacial score (nSPS) is 18.5. The molecule has 0 atom stereocenters. The van der Waals surface area contributed by atoms with Crippen molar-refractivity contribution in [3.63, 3.8) is 0 Å². The predicted octanol–water partition coefficient (Wildman–Crippen LogP) is 0.571. The first-order valence-corrected chi connectivity index (χ1v) is 5.12. The zero-order chi connectivity index (χ0) is 11.3. The molecule has 1 aliphatic rings. The van der Waals surface area contributed by atoms with Crippen LogP contribution in [0, 0.1) is 0 Å². The van der Waals surface area contributed by atoms with Gasteiger partial charge in [0, 0.05) is 6.42 Å². The lowest BCUT2D eigenvalue weighted by Gasteiger charge is -2.31. The van der Waals surface area contributed by atoms with E-state index in [-0.39, 0.29) is 11.6 Å². The predicted molar refractivity (Wildman–Crippen MR) is 59.3 cm³/mol. The molecule has 0 unspecified atom stereocenters. The number of rotatable bonds is 4. The molecule has 0 heterocycles. The summed E-state index contributed by atoms with van der Waals surface area (Å²) in [7, 11) is 3.76. The molecule has 0 aromatic carbocycles. The first-order chi connectivity index (χ1) is 7.17. The molecule has 2 N–H and O–H groups in total. The van der Waals surface area contributed by atoms with E-state index in [2.05, 4.69) is 10.6 Å². The third kappa shape index (κ3) is 2.67. The highest BCUT2D eigenvalue weighted by molar-refractivity contribution is 5.91. The Balaban J connectivity index is 2.68. The van der Waals surface area contributed by atoms with Gasteiger partial charge in [0.25, 0.3) is 0 Å². The highest BCUT2D eigenvalue weighted by atomic mass is 16.5. The summed E-state index contributed by atoms with van der Waals surface area (Å²) >= 11 is 0. The van der Waals surface area contributed by atoms with E-state index in [9.17, 15) is 4.79 Å². The van der Waals surface area contributed by atoms with Crippen LogP contribution in [0.4, 0.5) is 0 Å². The molecule has 0 radical (unpaired) electrons. The molecule has 0 bridgehead atoms. The number of ether oxygens (including phenoxy) is 1. The summed E-state index contributed by atoms with van der Waals surface area (Å²) in [6.07, 6.45) is 6.34. The van der Waals surface area contributed by atoms with Crippen LogP contribution in [0.25, 0.3) is 0 Å². The number of carbonyl (C=O) groups is 1. The van der Waals surface area contributed by atoms with E-state index in [0.29, 0.717) is 12.2 Å². The fourth-order valence-corrected chi connectivity index (χ4v) is 1.50. The lowest BCUT2D eigenvalue weighted by molar-refractivity contribution is -0.138. The summed E-state index contributed by atoms with van der Waals surface area (Å²) in [6.45, 7) is 2.21. The molecular formula is C11H18N2O2. The van der Waals surface area contributed by atoms with Gasteiger partial charge in [-0.3, -0.25) is 10.6 Å². The van der Waals surface area contributed by atoms with Crippen LogP contribution in [0.3, 0.4) is 0 Å². The van der Waals surface area contributed by atoms with E-state index in [4.69, 9.17) is 4.74 Å². The van der Waals surface area contributed by atoms with Crippen LogP contribution in [0.2, 0.25) is 0 Å². The third-order valence-electron chi connectivity index (χ3n) is 2.59. The quantitative estimate of drug-likeness (QED) is 0.526. The molecule has 0 saturated heterocycles. The largest absolute Gasteiger partial charge is 0.462 e. The van der Waals surface area contributed by atoms with E-state index in [0.717, 1.165) is 6.42 Å². The van der Waals surface area contributed by atoms with Gasteiger partial charge in [0.2, 0.25) is 0 Å². The Morgan fingerprint density at radius 1 is 1.53 bits per heavy atom. The van der Waals surface area contributed by atoms with Crippen LogP contribution in [-0.4, -0.2) is 32.3 Å². The fourth-order valence-electron chi connectivity index (χ4n) is 1.50. The minimum absolute atomic E-state index is 0.240. The number of hydrogen-bond donors (Lipinski definition) is 2. The van der Waals surface area contributed by atoms with Crippen LogP contribution in [0.5, 0.6) is 0 Å². The second kappa shape index (κ2) is 5.09. The Morgan fingerprint density at radius 3 is 2.60 bits per heavy atom. The smallest absolute Gasteiger partial charge is 0.337 e. The van der Waals surface area contributed by atoms with Crippen molar-refractivity contribution in [2.75, 3.05) is 20.7 Å². The van der Waals surface area contributed by atoms with Gasteiger partial charge in [-0.25, -0.2) is 4.79 Å². The minimum atomic E-state index is -0.255. The lowest BCUT2D eigenvalue weighted by atomic mass is 9.97. The van der Waals surface area contributed by atoms with Crippen LogP contribution in [0.15, 0.2) is 23.8 Å². The first-order valence-electron chi connectivity index (χ1n) is 5.12. The number of carbonyl (C=O) groups excluding carboxylic acids is 1. The second-order valence-electron chi connectivity index (χ2n) is 3.39. The van der Waals surface area contributed by atoms with Crippen molar-refractivity contribution in [2.24, 2.45) is 0 Å². The summed E-state index contributed by atoms with van der Waals surface area (Å²) in [6, 6.07) is 0. The van der Waals surface area contributed by atoms with Gasteiger partial charge in [-0.2, -0.15) is 0 Å². The number of hydrogen-bond acceptors (Lipinski definition) is 4. The summed E-state index contributed by atoms with van der Waals surface area (Å²) in [5, 5.41) is 6.33. The molecule has 0 spiro atoms.